The molecule has 1 aliphatic heterocycles. The molecule has 0 spiro atoms. The van der Waals surface area contributed by atoms with Gasteiger partial charge in [0.05, 0.1) is 17.8 Å². The molecule has 1 saturated heterocycles. The van der Waals surface area contributed by atoms with Gasteiger partial charge in [-0.1, -0.05) is 0 Å². The largest absolute Gasteiger partial charge is 0.506 e. The maximum Gasteiger partial charge on any atom is 0.255 e. The monoisotopic (exact) mass is 287 g/mol. The number of pyridine rings is 1. The lowest BCUT2D eigenvalue weighted by Gasteiger charge is -2.38. The maximum absolute atomic E-state index is 12.5. The fourth-order valence-electron chi connectivity index (χ4n) is 2.54. The number of aromatic amines is 1. The molecular formula is C14H17N5O2. The average Bonchev–Trinajstić information content (AvgIpc) is 3.01. The van der Waals surface area contributed by atoms with Crippen molar-refractivity contribution < 1.29 is 9.90 Å². The molecule has 7 heteroatoms. The molecule has 1 amide bonds. The zero-order valence-corrected chi connectivity index (χ0v) is 11.7. The van der Waals surface area contributed by atoms with Crippen molar-refractivity contribution in [2.45, 2.75) is 6.04 Å². The van der Waals surface area contributed by atoms with Gasteiger partial charge in [0, 0.05) is 38.2 Å². The van der Waals surface area contributed by atoms with Gasteiger partial charge in [-0.3, -0.25) is 14.7 Å². The minimum absolute atomic E-state index is 0.00226. The Morgan fingerprint density at radius 3 is 3.00 bits per heavy atom. The van der Waals surface area contributed by atoms with Crippen molar-refractivity contribution >= 4 is 5.91 Å². The van der Waals surface area contributed by atoms with Crippen LogP contribution in [-0.4, -0.2) is 62.4 Å². The van der Waals surface area contributed by atoms with E-state index in [-0.39, 0.29) is 17.7 Å². The van der Waals surface area contributed by atoms with Crippen molar-refractivity contribution in [1.29, 1.82) is 0 Å². The van der Waals surface area contributed by atoms with Crippen molar-refractivity contribution in [3.63, 3.8) is 0 Å². The number of imidazole rings is 1. The van der Waals surface area contributed by atoms with Crippen LogP contribution in [0, 0.1) is 0 Å². The molecule has 1 aliphatic rings. The van der Waals surface area contributed by atoms with Gasteiger partial charge in [-0.05, 0) is 13.1 Å². The summed E-state index contributed by atoms with van der Waals surface area (Å²) in [5.74, 6) is 0.727. The van der Waals surface area contributed by atoms with Crippen molar-refractivity contribution in [2.24, 2.45) is 0 Å². The van der Waals surface area contributed by atoms with Crippen LogP contribution in [0.25, 0.3) is 0 Å². The Labute approximate surface area is 122 Å². The van der Waals surface area contributed by atoms with Crippen LogP contribution < -0.4 is 0 Å². The summed E-state index contributed by atoms with van der Waals surface area (Å²) in [6, 6.07) is 1.48. The lowest BCUT2D eigenvalue weighted by atomic mass is 10.1. The highest BCUT2D eigenvalue weighted by atomic mass is 16.3. The van der Waals surface area contributed by atoms with Crippen molar-refractivity contribution in [3.05, 3.63) is 42.2 Å². The van der Waals surface area contributed by atoms with E-state index in [0.29, 0.717) is 18.7 Å². The zero-order valence-electron chi connectivity index (χ0n) is 11.7. The van der Waals surface area contributed by atoms with Crippen molar-refractivity contribution in [3.8, 4) is 5.75 Å². The van der Waals surface area contributed by atoms with E-state index in [1.54, 1.807) is 17.3 Å². The van der Waals surface area contributed by atoms with Crippen molar-refractivity contribution in [2.75, 3.05) is 26.7 Å². The van der Waals surface area contributed by atoms with Gasteiger partial charge >= 0.3 is 0 Å². The predicted octanol–water partition coefficient (Wildman–Crippen LogP) is 0.639. The predicted molar refractivity (Wildman–Crippen MR) is 75.8 cm³/mol. The first kappa shape index (κ1) is 13.6. The number of nitrogens with zero attached hydrogens (tertiary/aromatic N) is 4. The van der Waals surface area contributed by atoms with Crippen LogP contribution in [0.3, 0.4) is 0 Å². The summed E-state index contributed by atoms with van der Waals surface area (Å²) in [6.07, 6.45) is 6.28. The summed E-state index contributed by atoms with van der Waals surface area (Å²) >= 11 is 0. The van der Waals surface area contributed by atoms with Gasteiger partial charge < -0.3 is 15.0 Å². The Morgan fingerprint density at radius 1 is 1.43 bits per heavy atom. The number of nitrogens with one attached hydrogen (secondary N) is 1. The number of amides is 1. The topological polar surface area (TPSA) is 85.3 Å². The van der Waals surface area contributed by atoms with Crippen LogP contribution in [0.4, 0.5) is 0 Å². The van der Waals surface area contributed by atoms with Crippen LogP contribution in [0.1, 0.15) is 22.2 Å². The number of aromatic hydroxyl groups is 1. The van der Waals surface area contributed by atoms with E-state index in [0.717, 1.165) is 12.4 Å². The van der Waals surface area contributed by atoms with Crippen LogP contribution in [0.2, 0.25) is 0 Å². The number of carbonyl (C=O) groups excluding carboxylic acids is 1. The molecule has 2 aromatic rings. The first-order valence-electron chi connectivity index (χ1n) is 6.78. The lowest BCUT2D eigenvalue weighted by molar-refractivity contribution is 0.0533. The molecule has 110 valence electrons. The van der Waals surface area contributed by atoms with Crippen LogP contribution in [-0.2, 0) is 0 Å². The summed E-state index contributed by atoms with van der Waals surface area (Å²) in [7, 11) is 2.02. The molecule has 3 heterocycles. The maximum atomic E-state index is 12.5. The normalized spacial score (nSPS) is 19.7. The quantitative estimate of drug-likeness (QED) is 0.846. The fourth-order valence-corrected chi connectivity index (χ4v) is 2.54. The number of hydrogen-bond acceptors (Lipinski definition) is 5. The van der Waals surface area contributed by atoms with Gasteiger partial charge in [-0.15, -0.1) is 0 Å². The number of likely N-dealkylation sites (N-methyl/N-ethyl adjacent to an activating group) is 1. The van der Waals surface area contributed by atoms with Gasteiger partial charge in [0.1, 0.15) is 11.6 Å². The average molecular weight is 287 g/mol. The van der Waals surface area contributed by atoms with Crippen molar-refractivity contribution in [1.82, 2.24) is 24.8 Å². The van der Waals surface area contributed by atoms with E-state index in [4.69, 9.17) is 0 Å². The molecule has 1 unspecified atom stereocenters. The second kappa shape index (κ2) is 5.53. The lowest BCUT2D eigenvalue weighted by Crippen LogP contribution is -2.49. The molecule has 3 rings (SSSR count). The molecule has 0 aliphatic carbocycles. The van der Waals surface area contributed by atoms with Gasteiger partial charge in [0.15, 0.2) is 0 Å². The minimum atomic E-state index is -0.122. The molecule has 7 nitrogen and oxygen atoms in total. The Bertz CT molecular complexity index is 628. The molecule has 1 fully saturated rings. The number of hydrogen-bond donors (Lipinski definition) is 2. The van der Waals surface area contributed by atoms with Crippen LogP contribution in [0.15, 0.2) is 30.9 Å². The second-order valence-corrected chi connectivity index (χ2v) is 5.15. The van der Waals surface area contributed by atoms with Gasteiger partial charge in [0.2, 0.25) is 0 Å². The molecule has 0 saturated carbocycles. The summed E-state index contributed by atoms with van der Waals surface area (Å²) < 4.78 is 0. The first-order valence-corrected chi connectivity index (χ1v) is 6.78. The number of rotatable bonds is 2. The van der Waals surface area contributed by atoms with E-state index < -0.39 is 0 Å². The second-order valence-electron chi connectivity index (χ2n) is 5.15. The Balaban J connectivity index is 1.78. The Kier molecular flexibility index (Phi) is 3.57. The molecule has 2 aromatic heterocycles. The van der Waals surface area contributed by atoms with E-state index in [1.807, 2.05) is 7.05 Å². The van der Waals surface area contributed by atoms with E-state index in [9.17, 15) is 9.90 Å². The third-order valence-electron chi connectivity index (χ3n) is 3.74. The summed E-state index contributed by atoms with van der Waals surface area (Å²) in [5, 5.41) is 9.45. The summed E-state index contributed by atoms with van der Waals surface area (Å²) in [5.41, 5.74) is 0.401. The highest BCUT2D eigenvalue weighted by Crippen LogP contribution is 2.22. The third kappa shape index (κ3) is 2.73. The third-order valence-corrected chi connectivity index (χ3v) is 3.74. The SMILES string of the molecule is CN1CCN(C(=O)c2cncc(O)c2)CC1c1ncc[nH]1. The molecule has 0 bridgehead atoms. The summed E-state index contributed by atoms with van der Waals surface area (Å²) in [4.78, 5) is 27.7. The summed E-state index contributed by atoms with van der Waals surface area (Å²) in [6.45, 7) is 1.96. The van der Waals surface area contributed by atoms with E-state index >= 15 is 0 Å². The minimum Gasteiger partial charge on any atom is -0.506 e. The van der Waals surface area contributed by atoms with Gasteiger partial charge in [0.25, 0.3) is 5.91 Å². The van der Waals surface area contributed by atoms with E-state index in [2.05, 4.69) is 19.9 Å². The Morgan fingerprint density at radius 2 is 2.29 bits per heavy atom. The number of H-pyrrole nitrogens is 1. The first-order chi connectivity index (χ1) is 10.1. The highest BCUT2D eigenvalue weighted by Gasteiger charge is 2.30. The fraction of sp³-hybridized carbons (Fsp3) is 0.357. The molecule has 0 aromatic carbocycles. The van der Waals surface area contributed by atoms with E-state index in [1.165, 1.54) is 18.5 Å². The number of carbonyl (C=O) groups is 1. The smallest absolute Gasteiger partial charge is 0.255 e. The Hall–Kier alpha value is -2.41. The number of aromatic nitrogens is 3. The van der Waals surface area contributed by atoms with Crippen LogP contribution in [0.5, 0.6) is 5.75 Å². The molecular weight excluding hydrogens is 270 g/mol. The molecule has 2 N–H and O–H groups in total. The van der Waals surface area contributed by atoms with Gasteiger partial charge in [-0.25, -0.2) is 4.98 Å². The zero-order chi connectivity index (χ0) is 14.8. The number of piperazine rings is 1. The molecule has 21 heavy (non-hydrogen) atoms. The van der Waals surface area contributed by atoms with Gasteiger partial charge in [-0.2, -0.15) is 0 Å². The molecule has 0 radical (unpaired) electrons. The highest BCUT2D eigenvalue weighted by molar-refractivity contribution is 5.94. The standard InChI is InChI=1S/C14H17N5O2/c1-18-4-5-19(9-12(18)13-16-2-3-17-13)14(21)10-6-11(20)8-15-7-10/h2-3,6-8,12,20H,4-5,9H2,1H3,(H,16,17). The molecule has 1 atom stereocenters. The van der Waals surface area contributed by atoms with Crippen LogP contribution >= 0.6 is 0 Å².